The lowest BCUT2D eigenvalue weighted by Gasteiger charge is -2.12. The van der Waals surface area contributed by atoms with E-state index < -0.39 is 24.5 Å². The number of carboxylic acids is 1. The summed E-state index contributed by atoms with van der Waals surface area (Å²) in [5.74, 6) is -1.86. The number of halogens is 2. The molecule has 0 bridgehead atoms. The van der Waals surface area contributed by atoms with Gasteiger partial charge in [-0.2, -0.15) is 0 Å². The van der Waals surface area contributed by atoms with Crippen LogP contribution in [0.2, 0.25) is 0 Å². The van der Waals surface area contributed by atoms with Gasteiger partial charge in [0.05, 0.1) is 12.2 Å². The lowest BCUT2D eigenvalue weighted by molar-refractivity contribution is -0.140. The highest BCUT2D eigenvalue weighted by Gasteiger charge is 2.20. The largest absolute Gasteiger partial charge is 0.480 e. The quantitative estimate of drug-likeness (QED) is 0.751. The zero-order valence-electron chi connectivity index (χ0n) is 8.48. The first-order valence-corrected chi connectivity index (χ1v) is 6.14. The van der Waals surface area contributed by atoms with Crippen molar-refractivity contribution >= 4 is 43.7 Å². The summed E-state index contributed by atoms with van der Waals surface area (Å²) < 4.78 is 1.24. The first-order valence-electron chi connectivity index (χ1n) is 4.55. The van der Waals surface area contributed by atoms with Crippen molar-refractivity contribution in [3.05, 3.63) is 32.7 Å². The van der Waals surface area contributed by atoms with Crippen LogP contribution in [0, 0.1) is 0 Å². The number of aliphatic hydroxyl groups is 1. The van der Waals surface area contributed by atoms with Crippen molar-refractivity contribution in [1.29, 1.82) is 0 Å². The molecule has 0 aliphatic rings. The van der Waals surface area contributed by atoms with E-state index >= 15 is 0 Å². The van der Waals surface area contributed by atoms with E-state index in [9.17, 15) is 9.59 Å². The molecule has 0 radical (unpaired) electrons. The normalized spacial score (nSPS) is 11.9. The van der Waals surface area contributed by atoms with Crippen LogP contribution in [0.3, 0.4) is 0 Å². The number of rotatable bonds is 4. The van der Waals surface area contributed by atoms with Crippen molar-refractivity contribution in [2.75, 3.05) is 6.61 Å². The molecule has 1 rings (SSSR count). The number of carbonyl (C=O) groups excluding carboxylic acids is 1. The van der Waals surface area contributed by atoms with Crippen molar-refractivity contribution in [1.82, 2.24) is 5.32 Å². The summed E-state index contributed by atoms with van der Waals surface area (Å²) >= 11 is 6.40. The molecule has 1 aromatic rings. The highest BCUT2D eigenvalue weighted by atomic mass is 79.9. The van der Waals surface area contributed by atoms with Crippen LogP contribution in [-0.2, 0) is 4.79 Å². The Kier molecular flexibility index (Phi) is 5.10. The van der Waals surface area contributed by atoms with Crippen LogP contribution in [0.4, 0.5) is 0 Å². The molecule has 17 heavy (non-hydrogen) atoms. The average molecular weight is 367 g/mol. The number of carbonyl (C=O) groups is 2. The molecule has 1 aromatic carbocycles. The Bertz CT molecular complexity index is 450. The summed E-state index contributed by atoms with van der Waals surface area (Å²) in [6.45, 7) is -0.660. The van der Waals surface area contributed by atoms with Gasteiger partial charge >= 0.3 is 5.97 Å². The second-order valence-electron chi connectivity index (χ2n) is 3.17. The number of nitrogens with one attached hydrogen (secondary N) is 1. The van der Waals surface area contributed by atoms with Gasteiger partial charge in [0.2, 0.25) is 0 Å². The molecule has 0 heterocycles. The number of benzene rings is 1. The molecule has 92 valence electrons. The Morgan fingerprint density at radius 3 is 2.53 bits per heavy atom. The third-order valence-electron chi connectivity index (χ3n) is 1.96. The van der Waals surface area contributed by atoms with E-state index in [0.29, 0.717) is 14.5 Å². The first kappa shape index (κ1) is 14.1. The van der Waals surface area contributed by atoms with E-state index in [1.54, 1.807) is 18.2 Å². The van der Waals surface area contributed by atoms with Gasteiger partial charge in [-0.05, 0) is 34.1 Å². The van der Waals surface area contributed by atoms with Crippen molar-refractivity contribution in [3.8, 4) is 0 Å². The molecule has 3 N–H and O–H groups in total. The molecule has 7 heteroatoms. The molecular formula is C10H9Br2NO4. The molecule has 0 aliphatic heterocycles. The Labute approximate surface area is 114 Å². The van der Waals surface area contributed by atoms with Crippen molar-refractivity contribution in [2.45, 2.75) is 6.04 Å². The minimum absolute atomic E-state index is 0.291. The van der Waals surface area contributed by atoms with Gasteiger partial charge in [0.1, 0.15) is 0 Å². The SMILES string of the molecule is O=C(N[C@H](CO)C(=O)O)c1cc(Br)ccc1Br. The zero-order chi connectivity index (χ0) is 13.0. The third kappa shape index (κ3) is 3.79. The van der Waals surface area contributed by atoms with Gasteiger partial charge in [0, 0.05) is 8.95 Å². The van der Waals surface area contributed by atoms with Crippen LogP contribution in [0.1, 0.15) is 10.4 Å². The summed E-state index contributed by atoms with van der Waals surface area (Å²) in [7, 11) is 0. The molecule has 0 aliphatic carbocycles. The minimum atomic E-state index is -1.31. The molecule has 1 atom stereocenters. The average Bonchev–Trinajstić information content (AvgIpc) is 2.28. The molecule has 0 spiro atoms. The molecular weight excluding hydrogens is 358 g/mol. The minimum Gasteiger partial charge on any atom is -0.480 e. The smallest absolute Gasteiger partial charge is 0.328 e. The van der Waals surface area contributed by atoms with Gasteiger partial charge < -0.3 is 15.5 Å². The molecule has 0 saturated heterocycles. The number of carboxylic acid groups (broad SMARTS) is 1. The van der Waals surface area contributed by atoms with E-state index in [1.807, 2.05) is 0 Å². The van der Waals surface area contributed by atoms with Crippen LogP contribution in [0.15, 0.2) is 27.1 Å². The van der Waals surface area contributed by atoms with Gasteiger partial charge in [-0.25, -0.2) is 4.79 Å². The predicted octanol–water partition coefficient (Wildman–Crippen LogP) is 1.39. The van der Waals surface area contributed by atoms with Gasteiger partial charge in [-0.3, -0.25) is 4.79 Å². The fourth-order valence-corrected chi connectivity index (χ4v) is 1.88. The highest BCUT2D eigenvalue weighted by molar-refractivity contribution is 9.11. The van der Waals surface area contributed by atoms with E-state index in [-0.39, 0.29) is 0 Å². The van der Waals surface area contributed by atoms with Crippen LogP contribution >= 0.6 is 31.9 Å². The summed E-state index contributed by atoms with van der Waals surface area (Å²) in [5.41, 5.74) is 0.291. The molecule has 0 saturated carbocycles. The van der Waals surface area contributed by atoms with Crippen molar-refractivity contribution in [2.24, 2.45) is 0 Å². The van der Waals surface area contributed by atoms with Gasteiger partial charge in [0.25, 0.3) is 5.91 Å². The molecule has 0 unspecified atom stereocenters. The number of hydrogen-bond acceptors (Lipinski definition) is 3. The van der Waals surface area contributed by atoms with Crippen molar-refractivity contribution in [3.63, 3.8) is 0 Å². The van der Waals surface area contributed by atoms with Crippen LogP contribution in [0.5, 0.6) is 0 Å². The lowest BCUT2D eigenvalue weighted by Crippen LogP contribution is -2.43. The summed E-state index contributed by atoms with van der Waals surface area (Å²) in [6.07, 6.45) is 0. The molecule has 0 fully saturated rings. The molecule has 0 aromatic heterocycles. The highest BCUT2D eigenvalue weighted by Crippen LogP contribution is 2.21. The Balaban J connectivity index is 2.89. The number of aliphatic hydroxyl groups excluding tert-OH is 1. The third-order valence-corrected chi connectivity index (χ3v) is 3.14. The van der Waals surface area contributed by atoms with Gasteiger partial charge in [0.15, 0.2) is 6.04 Å². The van der Waals surface area contributed by atoms with Gasteiger partial charge in [-0.1, -0.05) is 15.9 Å². The standard InChI is InChI=1S/C10H9Br2NO4/c11-5-1-2-7(12)6(3-5)9(15)13-8(4-14)10(16)17/h1-3,8,14H,4H2,(H,13,15)(H,16,17)/t8-/m1/s1. The summed E-state index contributed by atoms with van der Waals surface area (Å²) in [5, 5.41) is 19.7. The van der Waals surface area contributed by atoms with E-state index in [2.05, 4.69) is 37.2 Å². The maximum absolute atomic E-state index is 11.8. The first-order chi connectivity index (χ1) is 7.95. The number of hydrogen-bond donors (Lipinski definition) is 3. The van der Waals surface area contributed by atoms with E-state index in [4.69, 9.17) is 10.2 Å². The second kappa shape index (κ2) is 6.13. The topological polar surface area (TPSA) is 86.6 Å². The van der Waals surface area contributed by atoms with Crippen LogP contribution < -0.4 is 5.32 Å². The zero-order valence-corrected chi connectivity index (χ0v) is 11.7. The molecule has 5 nitrogen and oxygen atoms in total. The second-order valence-corrected chi connectivity index (χ2v) is 4.94. The fourth-order valence-electron chi connectivity index (χ4n) is 1.09. The maximum Gasteiger partial charge on any atom is 0.328 e. The predicted molar refractivity (Wildman–Crippen MR) is 67.8 cm³/mol. The number of amides is 1. The van der Waals surface area contributed by atoms with Crippen LogP contribution in [-0.4, -0.2) is 34.7 Å². The van der Waals surface area contributed by atoms with Crippen LogP contribution in [0.25, 0.3) is 0 Å². The van der Waals surface area contributed by atoms with E-state index in [0.717, 1.165) is 0 Å². The van der Waals surface area contributed by atoms with E-state index in [1.165, 1.54) is 0 Å². The summed E-state index contributed by atoms with van der Waals surface area (Å²) in [6, 6.07) is 3.64. The number of aliphatic carboxylic acids is 1. The Hall–Kier alpha value is -0.920. The Morgan fingerprint density at radius 1 is 1.35 bits per heavy atom. The molecule has 1 amide bonds. The maximum atomic E-state index is 11.8. The lowest BCUT2D eigenvalue weighted by atomic mass is 10.2. The Morgan fingerprint density at radius 2 is 2.00 bits per heavy atom. The summed E-state index contributed by atoms with van der Waals surface area (Å²) in [4.78, 5) is 22.4. The monoisotopic (exact) mass is 365 g/mol. The fraction of sp³-hybridized carbons (Fsp3) is 0.200. The van der Waals surface area contributed by atoms with Gasteiger partial charge in [-0.15, -0.1) is 0 Å². The van der Waals surface area contributed by atoms with Crippen molar-refractivity contribution < 1.29 is 19.8 Å².